The molecule has 3 aromatic carbocycles. The molecule has 0 saturated heterocycles. The highest BCUT2D eigenvalue weighted by Gasteiger charge is 2.17. The van der Waals surface area contributed by atoms with E-state index in [0.717, 1.165) is 17.7 Å². The Kier molecular flexibility index (Phi) is 10.7. The molecule has 0 aliphatic carbocycles. The second kappa shape index (κ2) is 14.1. The Morgan fingerprint density at radius 2 is 1.69 bits per heavy atom. The molecular weight excluding hydrogens is 503 g/mol. The lowest BCUT2D eigenvalue weighted by molar-refractivity contribution is 0.0793. The number of methoxy groups -OCH3 is 1. The molecule has 0 spiro atoms. The SMILES string of the molecule is COc1ccc(/C=N/NC(=O)c2cc(F)ccc2NC(=O)c2cccc(CN(CC(C)O)CC(C)O)c2)cc1. The minimum Gasteiger partial charge on any atom is -0.497 e. The number of aliphatic hydroxyl groups is 2. The van der Waals surface area contributed by atoms with Gasteiger partial charge in [-0.1, -0.05) is 12.1 Å². The molecule has 0 heterocycles. The van der Waals surface area contributed by atoms with E-state index in [1.807, 2.05) is 11.0 Å². The number of hydrogen-bond donors (Lipinski definition) is 4. The molecule has 2 amide bonds. The zero-order valence-electron chi connectivity index (χ0n) is 22.1. The third-order valence-electron chi connectivity index (χ3n) is 5.61. The van der Waals surface area contributed by atoms with Gasteiger partial charge < -0.3 is 20.3 Å². The van der Waals surface area contributed by atoms with E-state index in [0.29, 0.717) is 36.5 Å². The molecule has 10 heteroatoms. The van der Waals surface area contributed by atoms with Crippen LogP contribution in [0.25, 0.3) is 0 Å². The third kappa shape index (κ3) is 9.29. The number of amides is 2. The fourth-order valence-electron chi connectivity index (χ4n) is 3.94. The number of hydrazone groups is 1. The Labute approximate surface area is 226 Å². The van der Waals surface area contributed by atoms with Crippen molar-refractivity contribution in [3.8, 4) is 5.75 Å². The first kappa shape index (κ1) is 29.4. The molecule has 0 fully saturated rings. The minimum absolute atomic E-state index is 0.0913. The lowest BCUT2D eigenvalue weighted by Gasteiger charge is -2.25. The molecule has 0 saturated carbocycles. The van der Waals surface area contributed by atoms with Crippen LogP contribution < -0.4 is 15.5 Å². The summed E-state index contributed by atoms with van der Waals surface area (Å²) in [5.74, 6) is -1.15. The summed E-state index contributed by atoms with van der Waals surface area (Å²) in [6.45, 7) is 4.46. The smallest absolute Gasteiger partial charge is 0.273 e. The molecule has 0 radical (unpaired) electrons. The van der Waals surface area contributed by atoms with Gasteiger partial charge in [0.2, 0.25) is 0 Å². The standard InChI is InChI=1S/C29H33FN4O5/c1-19(35)16-34(17-20(2)36)18-22-5-4-6-23(13-22)28(37)32-27-12-9-24(30)14-26(27)29(38)33-31-15-21-7-10-25(39-3)11-8-21/h4-15,19-20,35-36H,16-18H2,1-3H3,(H,32,37)(H,33,38)/b31-15+. The molecule has 9 nitrogen and oxygen atoms in total. The number of hydrogen-bond acceptors (Lipinski definition) is 7. The van der Waals surface area contributed by atoms with Crippen LogP contribution in [0.1, 0.15) is 45.7 Å². The Morgan fingerprint density at radius 3 is 2.33 bits per heavy atom. The average molecular weight is 537 g/mol. The molecule has 0 aliphatic heterocycles. The molecule has 0 aromatic heterocycles. The summed E-state index contributed by atoms with van der Waals surface area (Å²) < 4.78 is 19.1. The van der Waals surface area contributed by atoms with Crippen molar-refractivity contribution in [3.05, 3.63) is 94.8 Å². The van der Waals surface area contributed by atoms with Crippen molar-refractivity contribution >= 4 is 23.7 Å². The molecule has 2 atom stereocenters. The van der Waals surface area contributed by atoms with Crippen LogP contribution in [0.2, 0.25) is 0 Å². The number of rotatable bonds is 12. The Balaban J connectivity index is 1.72. The Morgan fingerprint density at radius 1 is 1.00 bits per heavy atom. The van der Waals surface area contributed by atoms with Crippen molar-refractivity contribution in [1.29, 1.82) is 0 Å². The molecular formula is C29H33FN4O5. The van der Waals surface area contributed by atoms with E-state index in [1.165, 1.54) is 12.3 Å². The second-order valence-electron chi connectivity index (χ2n) is 9.21. The molecule has 39 heavy (non-hydrogen) atoms. The van der Waals surface area contributed by atoms with E-state index in [2.05, 4.69) is 15.8 Å². The number of nitrogens with zero attached hydrogens (tertiary/aromatic N) is 2. The normalized spacial score (nSPS) is 12.8. The van der Waals surface area contributed by atoms with Crippen molar-refractivity contribution in [3.63, 3.8) is 0 Å². The topological polar surface area (TPSA) is 123 Å². The van der Waals surface area contributed by atoms with Crippen LogP contribution in [0.3, 0.4) is 0 Å². The Hall–Kier alpha value is -4.12. The lowest BCUT2D eigenvalue weighted by atomic mass is 10.1. The summed E-state index contributed by atoms with van der Waals surface area (Å²) in [5.41, 5.74) is 4.22. The maximum absolute atomic E-state index is 14.0. The molecule has 0 bridgehead atoms. The highest BCUT2D eigenvalue weighted by Crippen LogP contribution is 2.19. The highest BCUT2D eigenvalue weighted by molar-refractivity contribution is 6.09. The van der Waals surface area contributed by atoms with Crippen molar-refractivity contribution < 1.29 is 28.9 Å². The summed E-state index contributed by atoms with van der Waals surface area (Å²) in [7, 11) is 1.56. The van der Waals surface area contributed by atoms with Gasteiger partial charge in [-0.3, -0.25) is 14.5 Å². The zero-order valence-corrected chi connectivity index (χ0v) is 22.1. The predicted molar refractivity (Wildman–Crippen MR) is 147 cm³/mol. The predicted octanol–water partition coefficient (Wildman–Crippen LogP) is 3.41. The molecule has 3 rings (SSSR count). The number of carbonyl (C=O) groups excluding carboxylic acids is 2. The third-order valence-corrected chi connectivity index (χ3v) is 5.61. The summed E-state index contributed by atoms with van der Waals surface area (Å²) in [5, 5.41) is 26.2. The maximum atomic E-state index is 14.0. The van der Waals surface area contributed by atoms with Gasteiger partial charge in [0, 0.05) is 25.2 Å². The van der Waals surface area contributed by atoms with Crippen LogP contribution in [-0.2, 0) is 6.54 Å². The van der Waals surface area contributed by atoms with Crippen molar-refractivity contribution in [2.75, 3.05) is 25.5 Å². The van der Waals surface area contributed by atoms with E-state index in [4.69, 9.17) is 4.74 Å². The number of ether oxygens (including phenoxy) is 1. The summed E-state index contributed by atoms with van der Waals surface area (Å²) >= 11 is 0. The summed E-state index contributed by atoms with van der Waals surface area (Å²) in [6.07, 6.45) is 0.260. The van der Waals surface area contributed by atoms with Gasteiger partial charge in [0.1, 0.15) is 11.6 Å². The first-order valence-electron chi connectivity index (χ1n) is 12.4. The van der Waals surface area contributed by atoms with Gasteiger partial charge in [-0.05, 0) is 79.6 Å². The fraction of sp³-hybridized carbons (Fsp3) is 0.276. The first-order valence-corrected chi connectivity index (χ1v) is 12.4. The van der Waals surface area contributed by atoms with Crippen LogP contribution in [-0.4, -0.2) is 65.5 Å². The number of halogens is 1. The van der Waals surface area contributed by atoms with E-state index in [1.54, 1.807) is 63.4 Å². The van der Waals surface area contributed by atoms with Crippen LogP contribution in [0.5, 0.6) is 5.75 Å². The number of anilines is 1. The van der Waals surface area contributed by atoms with Crippen LogP contribution in [0.4, 0.5) is 10.1 Å². The largest absolute Gasteiger partial charge is 0.497 e. The highest BCUT2D eigenvalue weighted by atomic mass is 19.1. The molecule has 3 aromatic rings. The quantitative estimate of drug-likeness (QED) is 0.208. The van der Waals surface area contributed by atoms with Crippen molar-refractivity contribution in [1.82, 2.24) is 10.3 Å². The van der Waals surface area contributed by atoms with Gasteiger partial charge in [-0.15, -0.1) is 0 Å². The van der Waals surface area contributed by atoms with Crippen LogP contribution in [0.15, 0.2) is 71.8 Å². The van der Waals surface area contributed by atoms with Crippen LogP contribution in [0, 0.1) is 5.82 Å². The maximum Gasteiger partial charge on any atom is 0.273 e. The van der Waals surface area contributed by atoms with Gasteiger partial charge in [0.25, 0.3) is 11.8 Å². The van der Waals surface area contributed by atoms with Gasteiger partial charge in [-0.2, -0.15) is 5.10 Å². The van der Waals surface area contributed by atoms with Crippen molar-refractivity contribution in [2.24, 2.45) is 5.10 Å². The molecule has 2 unspecified atom stereocenters. The lowest BCUT2D eigenvalue weighted by Crippen LogP contribution is -2.35. The average Bonchev–Trinajstić information content (AvgIpc) is 2.89. The number of nitrogens with one attached hydrogen (secondary N) is 2. The number of carbonyl (C=O) groups is 2. The first-order chi connectivity index (χ1) is 18.6. The van der Waals surface area contributed by atoms with Gasteiger partial charge >= 0.3 is 0 Å². The Bertz CT molecular complexity index is 1290. The summed E-state index contributed by atoms with van der Waals surface area (Å²) in [4.78, 5) is 27.7. The van der Waals surface area contributed by atoms with E-state index in [-0.39, 0.29) is 11.3 Å². The summed E-state index contributed by atoms with van der Waals surface area (Å²) in [6, 6.07) is 17.4. The molecule has 206 valence electrons. The number of benzene rings is 3. The molecule has 4 N–H and O–H groups in total. The van der Waals surface area contributed by atoms with Crippen LogP contribution >= 0.6 is 0 Å². The minimum atomic E-state index is -0.699. The van der Waals surface area contributed by atoms with E-state index < -0.39 is 29.8 Å². The van der Waals surface area contributed by atoms with Gasteiger partial charge in [0.15, 0.2) is 0 Å². The van der Waals surface area contributed by atoms with E-state index in [9.17, 15) is 24.2 Å². The van der Waals surface area contributed by atoms with Crippen molar-refractivity contribution in [2.45, 2.75) is 32.6 Å². The fourth-order valence-corrected chi connectivity index (χ4v) is 3.94. The monoisotopic (exact) mass is 536 g/mol. The van der Waals surface area contributed by atoms with Gasteiger partial charge in [-0.25, -0.2) is 9.82 Å². The van der Waals surface area contributed by atoms with E-state index >= 15 is 0 Å². The van der Waals surface area contributed by atoms with Gasteiger partial charge in [0.05, 0.1) is 36.8 Å². The molecule has 0 aliphatic rings. The number of aliphatic hydroxyl groups excluding tert-OH is 2. The second-order valence-corrected chi connectivity index (χ2v) is 9.21. The zero-order chi connectivity index (χ0) is 28.4.